The maximum absolute atomic E-state index is 11.9. The van der Waals surface area contributed by atoms with Crippen LogP contribution in [0.25, 0.3) is 0 Å². The summed E-state index contributed by atoms with van der Waals surface area (Å²) in [6.45, 7) is 1.35. The molecule has 1 aliphatic carbocycles. The van der Waals surface area contributed by atoms with Crippen LogP contribution < -0.4 is 10.6 Å². The van der Waals surface area contributed by atoms with Crippen molar-refractivity contribution in [1.82, 2.24) is 10.6 Å². The number of amides is 2. The van der Waals surface area contributed by atoms with E-state index in [2.05, 4.69) is 10.6 Å². The average Bonchev–Trinajstić information content (AvgIpc) is 2.40. The number of hydrogen-bond donors (Lipinski definition) is 3. The van der Waals surface area contributed by atoms with Crippen LogP contribution >= 0.6 is 0 Å². The molecule has 0 aromatic heterocycles. The lowest BCUT2D eigenvalue weighted by molar-refractivity contribution is -0.143. The fourth-order valence-electron chi connectivity index (χ4n) is 2.84. The van der Waals surface area contributed by atoms with Crippen molar-refractivity contribution in [1.29, 1.82) is 0 Å². The molecule has 0 aromatic rings. The van der Waals surface area contributed by atoms with Crippen LogP contribution in [0.15, 0.2) is 0 Å². The van der Waals surface area contributed by atoms with Crippen molar-refractivity contribution in [3.8, 4) is 0 Å². The van der Waals surface area contributed by atoms with Gasteiger partial charge in [-0.3, -0.25) is 4.79 Å². The van der Waals surface area contributed by atoms with Crippen molar-refractivity contribution in [2.75, 3.05) is 13.2 Å². The van der Waals surface area contributed by atoms with Gasteiger partial charge in [0, 0.05) is 25.3 Å². The fraction of sp³-hybridized carbons (Fsp3) is 0.846. The van der Waals surface area contributed by atoms with Gasteiger partial charge in [-0.05, 0) is 25.7 Å². The number of carbonyl (C=O) groups is 2. The third-order valence-corrected chi connectivity index (χ3v) is 3.96. The van der Waals surface area contributed by atoms with Gasteiger partial charge in [0.25, 0.3) is 0 Å². The molecule has 1 heterocycles. The van der Waals surface area contributed by atoms with Gasteiger partial charge < -0.3 is 20.5 Å². The standard InChI is InChI=1S/C13H22N2O4/c16-12(17)10-3-1-2-4-11(10)15-13(18)14-9-5-7-19-8-6-9/h9-11H,1-8H2,(H,16,17)(H2,14,15,18). The fourth-order valence-corrected chi connectivity index (χ4v) is 2.84. The Balaban J connectivity index is 1.80. The summed E-state index contributed by atoms with van der Waals surface area (Å²) in [4.78, 5) is 23.0. The van der Waals surface area contributed by atoms with Crippen LogP contribution in [-0.2, 0) is 9.53 Å². The van der Waals surface area contributed by atoms with Crippen molar-refractivity contribution >= 4 is 12.0 Å². The van der Waals surface area contributed by atoms with E-state index < -0.39 is 11.9 Å². The normalized spacial score (nSPS) is 28.6. The number of carboxylic acids is 1. The van der Waals surface area contributed by atoms with Crippen molar-refractivity contribution in [3.05, 3.63) is 0 Å². The molecular formula is C13H22N2O4. The monoisotopic (exact) mass is 270 g/mol. The largest absolute Gasteiger partial charge is 0.481 e. The Labute approximate surface area is 112 Å². The maximum Gasteiger partial charge on any atom is 0.315 e. The molecule has 1 saturated heterocycles. The van der Waals surface area contributed by atoms with Crippen LogP contribution in [0.4, 0.5) is 4.79 Å². The van der Waals surface area contributed by atoms with Gasteiger partial charge >= 0.3 is 12.0 Å². The zero-order chi connectivity index (χ0) is 13.7. The third-order valence-electron chi connectivity index (χ3n) is 3.96. The van der Waals surface area contributed by atoms with Crippen LogP contribution in [0.2, 0.25) is 0 Å². The number of carboxylic acid groups (broad SMARTS) is 1. The Morgan fingerprint density at radius 3 is 2.37 bits per heavy atom. The molecule has 1 aliphatic heterocycles. The molecule has 0 bridgehead atoms. The molecule has 3 N–H and O–H groups in total. The van der Waals surface area contributed by atoms with E-state index in [1.54, 1.807) is 0 Å². The molecule has 6 heteroatoms. The Kier molecular flexibility index (Phi) is 5.01. The molecule has 2 rings (SSSR count). The van der Waals surface area contributed by atoms with Gasteiger partial charge in [0.1, 0.15) is 0 Å². The lowest BCUT2D eigenvalue weighted by Crippen LogP contribution is -2.51. The molecule has 2 atom stereocenters. The summed E-state index contributed by atoms with van der Waals surface area (Å²) in [5, 5.41) is 14.9. The van der Waals surface area contributed by atoms with Gasteiger partial charge in [-0.1, -0.05) is 12.8 Å². The summed E-state index contributed by atoms with van der Waals surface area (Å²) in [6.07, 6.45) is 4.94. The molecule has 19 heavy (non-hydrogen) atoms. The van der Waals surface area contributed by atoms with Crippen LogP contribution in [0.3, 0.4) is 0 Å². The second-order valence-corrected chi connectivity index (χ2v) is 5.34. The maximum atomic E-state index is 11.9. The molecule has 2 unspecified atom stereocenters. The first kappa shape index (κ1) is 14.1. The first-order valence-corrected chi connectivity index (χ1v) is 7.04. The average molecular weight is 270 g/mol. The molecule has 0 radical (unpaired) electrons. The van der Waals surface area contributed by atoms with Crippen molar-refractivity contribution in [3.63, 3.8) is 0 Å². The minimum Gasteiger partial charge on any atom is -0.481 e. The van der Waals surface area contributed by atoms with Gasteiger partial charge in [0.05, 0.1) is 5.92 Å². The first-order valence-electron chi connectivity index (χ1n) is 7.04. The van der Waals surface area contributed by atoms with Crippen molar-refractivity contribution < 1.29 is 19.4 Å². The summed E-state index contributed by atoms with van der Waals surface area (Å²) in [5.74, 6) is -1.26. The molecular weight excluding hydrogens is 248 g/mol. The van der Waals surface area contributed by atoms with E-state index in [4.69, 9.17) is 9.84 Å². The summed E-state index contributed by atoms with van der Waals surface area (Å²) in [6, 6.07) is -0.350. The number of aliphatic carboxylic acids is 1. The van der Waals surface area contributed by atoms with Gasteiger partial charge in [-0.15, -0.1) is 0 Å². The second kappa shape index (κ2) is 6.75. The van der Waals surface area contributed by atoms with Crippen LogP contribution in [0.1, 0.15) is 38.5 Å². The van der Waals surface area contributed by atoms with Gasteiger partial charge in [0.2, 0.25) is 0 Å². The highest BCUT2D eigenvalue weighted by Crippen LogP contribution is 2.24. The van der Waals surface area contributed by atoms with Crippen LogP contribution in [0.5, 0.6) is 0 Å². The molecule has 2 fully saturated rings. The van der Waals surface area contributed by atoms with E-state index in [-0.39, 0.29) is 18.1 Å². The van der Waals surface area contributed by atoms with Crippen LogP contribution in [0, 0.1) is 5.92 Å². The number of ether oxygens (including phenoxy) is 1. The molecule has 1 saturated carbocycles. The predicted molar refractivity (Wildman–Crippen MR) is 68.9 cm³/mol. The number of nitrogens with one attached hydrogen (secondary N) is 2. The predicted octanol–water partition coefficient (Wildman–Crippen LogP) is 1.11. The highest BCUT2D eigenvalue weighted by atomic mass is 16.5. The number of hydrogen-bond acceptors (Lipinski definition) is 3. The molecule has 108 valence electrons. The Morgan fingerprint density at radius 2 is 1.68 bits per heavy atom. The number of carbonyl (C=O) groups excluding carboxylic acids is 1. The highest BCUT2D eigenvalue weighted by Gasteiger charge is 2.32. The molecule has 0 spiro atoms. The summed E-state index contributed by atoms with van der Waals surface area (Å²) in [7, 11) is 0. The molecule has 2 amide bonds. The molecule has 2 aliphatic rings. The van der Waals surface area contributed by atoms with Crippen LogP contribution in [-0.4, -0.2) is 42.4 Å². The summed E-state index contributed by atoms with van der Waals surface area (Å²) >= 11 is 0. The molecule has 6 nitrogen and oxygen atoms in total. The van der Waals surface area contributed by atoms with E-state index in [0.29, 0.717) is 19.6 Å². The smallest absolute Gasteiger partial charge is 0.315 e. The zero-order valence-electron chi connectivity index (χ0n) is 11.1. The topological polar surface area (TPSA) is 87.7 Å². The lowest BCUT2D eigenvalue weighted by Gasteiger charge is -2.30. The van der Waals surface area contributed by atoms with E-state index in [9.17, 15) is 9.59 Å². The van der Waals surface area contributed by atoms with Crippen molar-refractivity contribution in [2.45, 2.75) is 50.6 Å². The minimum absolute atomic E-state index is 0.139. The first-order chi connectivity index (χ1) is 9.16. The third kappa shape index (κ3) is 4.09. The second-order valence-electron chi connectivity index (χ2n) is 5.34. The lowest BCUT2D eigenvalue weighted by atomic mass is 9.84. The zero-order valence-corrected chi connectivity index (χ0v) is 11.1. The molecule has 0 aromatic carbocycles. The van der Waals surface area contributed by atoms with E-state index in [0.717, 1.165) is 32.1 Å². The number of urea groups is 1. The van der Waals surface area contributed by atoms with E-state index >= 15 is 0 Å². The van der Waals surface area contributed by atoms with E-state index in [1.165, 1.54) is 0 Å². The highest BCUT2D eigenvalue weighted by molar-refractivity contribution is 5.77. The summed E-state index contributed by atoms with van der Waals surface area (Å²) in [5.41, 5.74) is 0. The Hall–Kier alpha value is -1.30. The van der Waals surface area contributed by atoms with E-state index in [1.807, 2.05) is 0 Å². The van der Waals surface area contributed by atoms with Gasteiger partial charge in [-0.25, -0.2) is 4.79 Å². The van der Waals surface area contributed by atoms with Gasteiger partial charge in [-0.2, -0.15) is 0 Å². The Bertz CT molecular complexity index is 329. The summed E-state index contributed by atoms with van der Waals surface area (Å²) < 4.78 is 5.23. The number of rotatable bonds is 3. The SMILES string of the molecule is O=C(NC1CCOCC1)NC1CCCCC1C(=O)O. The minimum atomic E-state index is -0.809. The Morgan fingerprint density at radius 1 is 1.00 bits per heavy atom. The van der Waals surface area contributed by atoms with Crippen molar-refractivity contribution in [2.24, 2.45) is 5.92 Å². The van der Waals surface area contributed by atoms with Gasteiger partial charge in [0.15, 0.2) is 0 Å². The quantitative estimate of drug-likeness (QED) is 0.717.